The van der Waals surface area contributed by atoms with Gasteiger partial charge >= 0.3 is 0 Å². The lowest BCUT2D eigenvalue weighted by Gasteiger charge is -2.13. The topological polar surface area (TPSA) is 58.2 Å². The van der Waals surface area contributed by atoms with Gasteiger partial charge in [-0.3, -0.25) is 9.59 Å². The van der Waals surface area contributed by atoms with Gasteiger partial charge in [0.2, 0.25) is 0 Å². The van der Waals surface area contributed by atoms with E-state index in [-0.39, 0.29) is 23.6 Å². The Hall–Kier alpha value is -2.59. The molecule has 5 heteroatoms. The molecule has 0 aliphatic carbocycles. The fourth-order valence-corrected chi connectivity index (χ4v) is 2.13. The second kappa shape index (κ2) is 8.31. The number of rotatable bonds is 5. The van der Waals surface area contributed by atoms with Crippen LogP contribution in [-0.4, -0.2) is 17.9 Å². The predicted octanol–water partition coefficient (Wildman–Crippen LogP) is 3.64. The molecule has 0 fully saturated rings. The Labute approximate surface area is 146 Å². The van der Waals surface area contributed by atoms with Gasteiger partial charge in [-0.15, -0.1) is 0 Å². The molecule has 2 amide bonds. The molecule has 0 aliphatic heterocycles. The van der Waals surface area contributed by atoms with E-state index in [0.717, 1.165) is 5.56 Å². The Kier molecular flexibility index (Phi) is 6.15. The lowest BCUT2D eigenvalue weighted by atomic mass is 10.1. The van der Waals surface area contributed by atoms with Crippen molar-refractivity contribution in [1.82, 2.24) is 10.6 Å². The summed E-state index contributed by atoms with van der Waals surface area (Å²) in [6.07, 6.45) is 1.62. The molecule has 0 aromatic heterocycles. The fraction of sp³-hybridized carbons (Fsp3) is 0.158. The molecule has 0 bridgehead atoms. The van der Waals surface area contributed by atoms with Crippen molar-refractivity contribution in [1.29, 1.82) is 0 Å². The summed E-state index contributed by atoms with van der Waals surface area (Å²) >= 11 is 5.87. The molecule has 0 atom stereocenters. The third-order valence-corrected chi connectivity index (χ3v) is 3.38. The highest BCUT2D eigenvalue weighted by Crippen LogP contribution is 2.12. The summed E-state index contributed by atoms with van der Waals surface area (Å²) in [6.45, 7) is 3.72. The first-order valence-corrected chi connectivity index (χ1v) is 7.98. The number of hydrogen-bond donors (Lipinski definition) is 2. The monoisotopic (exact) mass is 342 g/mol. The lowest BCUT2D eigenvalue weighted by molar-refractivity contribution is -0.118. The van der Waals surface area contributed by atoms with Crippen LogP contribution in [0.3, 0.4) is 0 Å². The Morgan fingerprint density at radius 3 is 2.21 bits per heavy atom. The van der Waals surface area contributed by atoms with E-state index in [0.29, 0.717) is 10.6 Å². The van der Waals surface area contributed by atoms with Gasteiger partial charge < -0.3 is 10.6 Å². The molecule has 0 saturated heterocycles. The van der Waals surface area contributed by atoms with Crippen LogP contribution < -0.4 is 10.6 Å². The van der Waals surface area contributed by atoms with Crippen LogP contribution in [-0.2, 0) is 4.79 Å². The molecule has 0 unspecified atom stereocenters. The van der Waals surface area contributed by atoms with Crippen molar-refractivity contribution in [2.75, 3.05) is 0 Å². The van der Waals surface area contributed by atoms with E-state index in [2.05, 4.69) is 10.6 Å². The van der Waals surface area contributed by atoms with Crippen LogP contribution >= 0.6 is 11.6 Å². The maximum Gasteiger partial charge on any atom is 0.268 e. The lowest BCUT2D eigenvalue weighted by Crippen LogP contribution is -2.38. The number of amides is 2. The van der Waals surface area contributed by atoms with Crippen molar-refractivity contribution < 1.29 is 9.59 Å². The third kappa shape index (κ3) is 5.25. The number of benzene rings is 2. The van der Waals surface area contributed by atoms with E-state index in [1.54, 1.807) is 54.6 Å². The minimum Gasteiger partial charge on any atom is -0.349 e. The van der Waals surface area contributed by atoms with Gasteiger partial charge in [-0.05, 0) is 49.8 Å². The van der Waals surface area contributed by atoms with Gasteiger partial charge in [-0.2, -0.15) is 0 Å². The summed E-state index contributed by atoms with van der Waals surface area (Å²) in [5.74, 6) is -0.682. The molecule has 124 valence electrons. The zero-order valence-electron chi connectivity index (χ0n) is 13.5. The van der Waals surface area contributed by atoms with Crippen LogP contribution in [0, 0.1) is 0 Å². The van der Waals surface area contributed by atoms with E-state index < -0.39 is 0 Å². The molecule has 0 radical (unpaired) electrons. The van der Waals surface area contributed by atoms with Gasteiger partial charge in [-0.25, -0.2) is 0 Å². The second-order valence-corrected chi connectivity index (χ2v) is 5.99. The van der Waals surface area contributed by atoms with Gasteiger partial charge in [0.05, 0.1) is 0 Å². The molecular weight excluding hydrogens is 324 g/mol. The highest BCUT2D eigenvalue weighted by Gasteiger charge is 2.15. The van der Waals surface area contributed by atoms with E-state index in [9.17, 15) is 9.59 Å². The van der Waals surface area contributed by atoms with E-state index in [1.165, 1.54) is 0 Å². The minimum atomic E-state index is -0.343. The van der Waals surface area contributed by atoms with Crippen molar-refractivity contribution in [2.45, 2.75) is 19.9 Å². The molecule has 2 N–H and O–H groups in total. The molecule has 24 heavy (non-hydrogen) atoms. The average Bonchev–Trinajstić information content (AvgIpc) is 2.56. The van der Waals surface area contributed by atoms with Gasteiger partial charge in [-0.1, -0.05) is 41.9 Å². The normalized spacial score (nSPS) is 11.2. The quantitative estimate of drug-likeness (QED) is 0.815. The Balaban J connectivity index is 2.27. The van der Waals surface area contributed by atoms with Crippen molar-refractivity contribution in [3.8, 4) is 0 Å². The number of carbonyl (C=O) groups is 2. The van der Waals surface area contributed by atoms with Crippen LogP contribution in [0.2, 0.25) is 5.02 Å². The van der Waals surface area contributed by atoms with Crippen LogP contribution in [0.1, 0.15) is 29.8 Å². The zero-order valence-corrected chi connectivity index (χ0v) is 14.3. The molecular formula is C19H19ClN2O2. The van der Waals surface area contributed by atoms with E-state index >= 15 is 0 Å². The van der Waals surface area contributed by atoms with E-state index in [1.807, 2.05) is 19.9 Å². The molecule has 2 aromatic carbocycles. The van der Waals surface area contributed by atoms with Gasteiger partial charge in [0.1, 0.15) is 5.70 Å². The fourth-order valence-electron chi connectivity index (χ4n) is 2.01. The third-order valence-electron chi connectivity index (χ3n) is 3.13. The smallest absolute Gasteiger partial charge is 0.268 e. The van der Waals surface area contributed by atoms with Gasteiger partial charge in [0, 0.05) is 16.6 Å². The van der Waals surface area contributed by atoms with Crippen molar-refractivity contribution in [2.24, 2.45) is 0 Å². The standard InChI is InChI=1S/C19H19ClN2O2/c1-13(2)21-19(24)17(12-14-8-10-16(20)11-9-14)22-18(23)15-6-4-3-5-7-15/h3-13H,1-2H3,(H,21,24)(H,22,23)/b17-12-. The molecule has 4 nitrogen and oxygen atoms in total. The van der Waals surface area contributed by atoms with Crippen molar-refractivity contribution >= 4 is 29.5 Å². The predicted molar refractivity (Wildman–Crippen MR) is 96.6 cm³/mol. The number of carbonyl (C=O) groups excluding carboxylic acids is 2. The zero-order chi connectivity index (χ0) is 17.5. The summed E-state index contributed by atoms with van der Waals surface area (Å²) in [5, 5.41) is 6.07. The highest BCUT2D eigenvalue weighted by molar-refractivity contribution is 6.30. The molecule has 2 rings (SSSR count). The Bertz CT molecular complexity index is 738. The molecule has 0 spiro atoms. The van der Waals surface area contributed by atoms with E-state index in [4.69, 9.17) is 11.6 Å². The molecule has 0 saturated carbocycles. The van der Waals surface area contributed by atoms with Crippen LogP contribution in [0.15, 0.2) is 60.3 Å². The van der Waals surface area contributed by atoms with Gasteiger partial charge in [0.25, 0.3) is 11.8 Å². The maximum absolute atomic E-state index is 12.4. The first-order valence-electron chi connectivity index (χ1n) is 7.60. The maximum atomic E-state index is 12.4. The van der Waals surface area contributed by atoms with Gasteiger partial charge in [0.15, 0.2) is 0 Å². The summed E-state index contributed by atoms with van der Waals surface area (Å²) in [4.78, 5) is 24.7. The number of nitrogens with one attached hydrogen (secondary N) is 2. The number of halogens is 1. The van der Waals surface area contributed by atoms with Crippen LogP contribution in [0.4, 0.5) is 0 Å². The summed E-state index contributed by atoms with van der Waals surface area (Å²) < 4.78 is 0. The second-order valence-electron chi connectivity index (χ2n) is 5.56. The van der Waals surface area contributed by atoms with Crippen molar-refractivity contribution in [3.05, 3.63) is 76.4 Å². The summed E-state index contributed by atoms with van der Waals surface area (Å²) in [6, 6.07) is 15.7. The molecule has 0 aliphatic rings. The van der Waals surface area contributed by atoms with Crippen molar-refractivity contribution in [3.63, 3.8) is 0 Å². The Morgan fingerprint density at radius 1 is 1.00 bits per heavy atom. The summed E-state index contributed by atoms with van der Waals surface area (Å²) in [7, 11) is 0. The molecule has 0 heterocycles. The highest BCUT2D eigenvalue weighted by atomic mass is 35.5. The first-order chi connectivity index (χ1) is 11.5. The molecule has 2 aromatic rings. The summed E-state index contributed by atoms with van der Waals surface area (Å²) in [5.41, 5.74) is 1.43. The first kappa shape index (κ1) is 17.8. The number of hydrogen-bond acceptors (Lipinski definition) is 2. The average molecular weight is 343 g/mol. The largest absolute Gasteiger partial charge is 0.349 e. The minimum absolute atomic E-state index is 0.0419. The van der Waals surface area contributed by atoms with Crippen LogP contribution in [0.5, 0.6) is 0 Å². The SMILES string of the molecule is CC(C)NC(=O)/C(=C/c1ccc(Cl)cc1)NC(=O)c1ccccc1. The Morgan fingerprint density at radius 2 is 1.62 bits per heavy atom. The van der Waals surface area contributed by atoms with Crippen LogP contribution in [0.25, 0.3) is 6.08 Å².